The summed E-state index contributed by atoms with van der Waals surface area (Å²) in [7, 11) is 0. The van der Waals surface area contributed by atoms with Gasteiger partial charge in [-0.25, -0.2) is 4.79 Å². The summed E-state index contributed by atoms with van der Waals surface area (Å²) in [6.45, 7) is 11.7. The van der Waals surface area contributed by atoms with Crippen LogP contribution in [0.1, 0.15) is 54.4 Å². The Hall–Kier alpha value is -1.98. The van der Waals surface area contributed by atoms with Crippen molar-refractivity contribution in [1.82, 2.24) is 9.80 Å². The summed E-state index contributed by atoms with van der Waals surface area (Å²) in [6, 6.07) is -0.623. The Morgan fingerprint density at radius 2 is 1.56 bits per heavy atom. The monoisotopic (exact) mass is 350 g/mol. The van der Waals surface area contributed by atoms with E-state index >= 15 is 0 Å². The van der Waals surface area contributed by atoms with E-state index in [0.29, 0.717) is 12.3 Å². The number of urea groups is 1. The Bertz CT molecular complexity index is 574. The standard InChI is InChI=1S/C19H30N2O4/c1-12(2)7-9-20-17(23)16(15(22)11-14(5)6)18(24)21(19(20)25)10-8-13(3)4/h7,13-14,16H,8-11H2,1-6H3. The van der Waals surface area contributed by atoms with Crippen molar-refractivity contribution < 1.29 is 19.2 Å². The van der Waals surface area contributed by atoms with Gasteiger partial charge in [-0.15, -0.1) is 0 Å². The average molecular weight is 350 g/mol. The fraction of sp³-hybridized carbons (Fsp3) is 0.684. The van der Waals surface area contributed by atoms with Crippen LogP contribution in [0.15, 0.2) is 11.6 Å². The molecule has 0 N–H and O–H groups in total. The van der Waals surface area contributed by atoms with Crippen LogP contribution in [0.3, 0.4) is 0 Å². The maximum atomic E-state index is 12.7. The second-order valence-corrected chi connectivity index (χ2v) is 7.68. The van der Waals surface area contributed by atoms with Gasteiger partial charge in [0.15, 0.2) is 11.7 Å². The van der Waals surface area contributed by atoms with E-state index < -0.39 is 29.5 Å². The molecule has 1 fully saturated rings. The summed E-state index contributed by atoms with van der Waals surface area (Å²) < 4.78 is 0. The zero-order valence-electron chi connectivity index (χ0n) is 16.2. The van der Waals surface area contributed by atoms with Gasteiger partial charge in [-0.2, -0.15) is 0 Å². The predicted molar refractivity (Wildman–Crippen MR) is 95.7 cm³/mol. The molecular formula is C19H30N2O4. The first-order valence-corrected chi connectivity index (χ1v) is 8.89. The molecule has 1 unspecified atom stereocenters. The summed E-state index contributed by atoms with van der Waals surface area (Å²) in [6.07, 6.45) is 2.52. The van der Waals surface area contributed by atoms with Gasteiger partial charge in [0.2, 0.25) is 0 Å². The number of carbonyl (C=O) groups excluding carboxylic acids is 4. The molecule has 0 saturated carbocycles. The van der Waals surface area contributed by atoms with Crippen molar-refractivity contribution in [3.8, 4) is 0 Å². The molecule has 1 saturated heterocycles. The Kier molecular flexibility index (Phi) is 7.52. The van der Waals surface area contributed by atoms with Gasteiger partial charge in [0, 0.05) is 19.5 Å². The molecule has 6 nitrogen and oxygen atoms in total. The number of hydrogen-bond acceptors (Lipinski definition) is 4. The second kappa shape index (κ2) is 8.92. The number of rotatable bonds is 8. The highest BCUT2D eigenvalue weighted by Gasteiger charge is 2.48. The van der Waals surface area contributed by atoms with Crippen LogP contribution in [0.4, 0.5) is 4.79 Å². The zero-order chi connectivity index (χ0) is 19.3. The van der Waals surface area contributed by atoms with E-state index in [2.05, 4.69) is 0 Å². The van der Waals surface area contributed by atoms with Crippen LogP contribution in [-0.2, 0) is 14.4 Å². The topological polar surface area (TPSA) is 74.8 Å². The Balaban J connectivity index is 3.15. The van der Waals surface area contributed by atoms with Crippen LogP contribution in [0.5, 0.6) is 0 Å². The number of imide groups is 2. The lowest BCUT2D eigenvalue weighted by atomic mass is 9.92. The van der Waals surface area contributed by atoms with Crippen molar-refractivity contribution in [3.05, 3.63) is 11.6 Å². The van der Waals surface area contributed by atoms with Gasteiger partial charge in [-0.05, 0) is 32.1 Å². The first-order valence-electron chi connectivity index (χ1n) is 8.89. The van der Waals surface area contributed by atoms with Gasteiger partial charge in [0.05, 0.1) is 0 Å². The third kappa shape index (κ3) is 5.51. The fourth-order valence-corrected chi connectivity index (χ4v) is 2.58. The lowest BCUT2D eigenvalue weighted by molar-refractivity contribution is -0.153. The highest BCUT2D eigenvalue weighted by atomic mass is 16.2. The number of carbonyl (C=O) groups is 4. The van der Waals surface area contributed by atoms with E-state index in [9.17, 15) is 19.2 Å². The van der Waals surface area contributed by atoms with Gasteiger partial charge >= 0.3 is 6.03 Å². The Morgan fingerprint density at radius 1 is 1.00 bits per heavy atom. The fourth-order valence-electron chi connectivity index (χ4n) is 2.58. The lowest BCUT2D eigenvalue weighted by Gasteiger charge is -2.36. The number of nitrogens with zero attached hydrogens (tertiary/aromatic N) is 2. The van der Waals surface area contributed by atoms with E-state index in [1.54, 1.807) is 6.08 Å². The Morgan fingerprint density at radius 3 is 2.04 bits per heavy atom. The lowest BCUT2D eigenvalue weighted by Crippen LogP contribution is -2.61. The number of barbiturate groups is 1. The third-order valence-electron chi connectivity index (χ3n) is 4.03. The molecule has 0 bridgehead atoms. The molecule has 4 amide bonds. The van der Waals surface area contributed by atoms with Crippen molar-refractivity contribution in [2.75, 3.05) is 13.1 Å². The molecule has 6 heteroatoms. The smallest absolute Gasteiger partial charge is 0.298 e. The molecule has 1 rings (SSSR count). The summed E-state index contributed by atoms with van der Waals surface area (Å²) >= 11 is 0. The van der Waals surface area contributed by atoms with Crippen LogP contribution >= 0.6 is 0 Å². The molecule has 0 aliphatic carbocycles. The maximum Gasteiger partial charge on any atom is 0.333 e. The second-order valence-electron chi connectivity index (χ2n) is 7.68. The van der Waals surface area contributed by atoms with E-state index in [0.717, 1.165) is 15.4 Å². The van der Waals surface area contributed by atoms with Crippen LogP contribution in [0, 0.1) is 17.8 Å². The summed E-state index contributed by atoms with van der Waals surface area (Å²) in [5.41, 5.74) is 0.955. The number of hydrogen-bond donors (Lipinski definition) is 0. The number of allylic oxidation sites excluding steroid dienone is 1. The molecule has 0 radical (unpaired) electrons. The summed E-state index contributed by atoms with van der Waals surface area (Å²) in [5, 5.41) is 0. The summed E-state index contributed by atoms with van der Waals surface area (Å²) in [4.78, 5) is 52.6. The molecule has 1 atom stereocenters. The minimum atomic E-state index is -1.39. The van der Waals surface area contributed by atoms with Crippen LogP contribution in [-0.4, -0.2) is 46.5 Å². The molecule has 0 spiro atoms. The summed E-state index contributed by atoms with van der Waals surface area (Å²) in [5.74, 6) is -2.82. The van der Waals surface area contributed by atoms with E-state index in [4.69, 9.17) is 0 Å². The highest BCUT2D eigenvalue weighted by molar-refractivity contribution is 6.26. The van der Waals surface area contributed by atoms with Gasteiger partial charge in [-0.1, -0.05) is 39.3 Å². The van der Waals surface area contributed by atoms with Crippen LogP contribution in [0.2, 0.25) is 0 Å². The normalized spacial score (nSPS) is 18.4. The van der Waals surface area contributed by atoms with Crippen molar-refractivity contribution in [2.45, 2.75) is 54.4 Å². The predicted octanol–water partition coefficient (Wildman–Crippen LogP) is 3.02. The third-order valence-corrected chi connectivity index (χ3v) is 4.03. The largest absolute Gasteiger partial charge is 0.333 e. The molecule has 0 aromatic carbocycles. The zero-order valence-corrected chi connectivity index (χ0v) is 16.2. The van der Waals surface area contributed by atoms with Crippen molar-refractivity contribution >= 4 is 23.6 Å². The van der Waals surface area contributed by atoms with E-state index in [1.165, 1.54) is 0 Å². The molecule has 0 aromatic heterocycles. The number of Topliss-reactive ketones (excluding diaryl/α,β-unsaturated/α-hetero) is 1. The van der Waals surface area contributed by atoms with Gasteiger partial charge in [-0.3, -0.25) is 24.2 Å². The Labute approximate surface area is 150 Å². The van der Waals surface area contributed by atoms with Gasteiger partial charge in [0.1, 0.15) is 0 Å². The molecule has 140 valence electrons. The van der Waals surface area contributed by atoms with Gasteiger partial charge < -0.3 is 0 Å². The molecule has 1 heterocycles. The molecule has 1 aliphatic heterocycles. The quantitative estimate of drug-likeness (QED) is 0.498. The van der Waals surface area contributed by atoms with Gasteiger partial charge in [0.25, 0.3) is 11.8 Å². The van der Waals surface area contributed by atoms with Crippen molar-refractivity contribution in [3.63, 3.8) is 0 Å². The minimum absolute atomic E-state index is 0.0427. The maximum absolute atomic E-state index is 12.7. The minimum Gasteiger partial charge on any atom is -0.298 e. The molecule has 1 aliphatic rings. The van der Waals surface area contributed by atoms with E-state index in [1.807, 2.05) is 41.5 Å². The first kappa shape index (κ1) is 21.1. The first-order chi connectivity index (χ1) is 11.6. The SMILES string of the molecule is CC(C)=CCN1C(=O)C(C(=O)CC(C)C)C(=O)N(CCC(C)C)C1=O. The van der Waals surface area contributed by atoms with Crippen LogP contribution in [0.25, 0.3) is 0 Å². The highest BCUT2D eigenvalue weighted by Crippen LogP contribution is 2.22. The van der Waals surface area contributed by atoms with Crippen molar-refractivity contribution in [1.29, 1.82) is 0 Å². The van der Waals surface area contributed by atoms with E-state index in [-0.39, 0.29) is 25.4 Å². The number of ketones is 1. The van der Waals surface area contributed by atoms with Crippen molar-refractivity contribution in [2.24, 2.45) is 17.8 Å². The molecule has 0 aromatic rings. The molecular weight excluding hydrogens is 320 g/mol. The average Bonchev–Trinajstić information content (AvgIpc) is 2.45. The molecule has 25 heavy (non-hydrogen) atoms. The van der Waals surface area contributed by atoms with Crippen LogP contribution < -0.4 is 0 Å². The number of amides is 4.